The standard InChI is InChI=1S/C13H14O3/c14-12-8-4-3-5-7-6(4)9(12)11(7)13(10(5)8)15-1-2-16-13/h4-11H,1-3H2. The molecule has 5 aliphatic carbocycles. The van der Waals surface area contributed by atoms with Crippen molar-refractivity contribution in [2.45, 2.75) is 12.2 Å². The number of ether oxygens (including phenoxy) is 2. The molecule has 8 atom stereocenters. The number of hydrogen-bond acceptors (Lipinski definition) is 3. The Morgan fingerprint density at radius 1 is 1.00 bits per heavy atom. The van der Waals surface area contributed by atoms with Gasteiger partial charge in [-0.25, -0.2) is 0 Å². The SMILES string of the molecule is O=C1C2C3CC4C5C3C1C5C1(OCCO1)C42. The van der Waals surface area contributed by atoms with Gasteiger partial charge in [-0.3, -0.25) is 4.79 Å². The van der Waals surface area contributed by atoms with E-state index in [2.05, 4.69) is 0 Å². The Labute approximate surface area is 93.5 Å². The summed E-state index contributed by atoms with van der Waals surface area (Å²) >= 11 is 0. The van der Waals surface area contributed by atoms with Gasteiger partial charge >= 0.3 is 0 Å². The predicted molar refractivity (Wildman–Crippen MR) is 52.2 cm³/mol. The molecule has 16 heavy (non-hydrogen) atoms. The minimum absolute atomic E-state index is 0.291. The quantitative estimate of drug-likeness (QED) is 0.600. The third-order valence-electron chi connectivity index (χ3n) is 6.83. The van der Waals surface area contributed by atoms with E-state index >= 15 is 0 Å². The van der Waals surface area contributed by atoms with Gasteiger partial charge < -0.3 is 9.47 Å². The first kappa shape index (κ1) is 7.83. The lowest BCUT2D eigenvalue weighted by Gasteiger charge is -2.49. The summed E-state index contributed by atoms with van der Waals surface area (Å²) in [5.41, 5.74) is 0. The van der Waals surface area contributed by atoms with Crippen LogP contribution < -0.4 is 0 Å². The van der Waals surface area contributed by atoms with Gasteiger partial charge in [0.25, 0.3) is 0 Å². The monoisotopic (exact) mass is 218 g/mol. The van der Waals surface area contributed by atoms with E-state index in [1.54, 1.807) is 0 Å². The molecule has 84 valence electrons. The van der Waals surface area contributed by atoms with E-state index < -0.39 is 0 Å². The molecule has 5 saturated carbocycles. The van der Waals surface area contributed by atoms with Crippen molar-refractivity contribution in [3.63, 3.8) is 0 Å². The van der Waals surface area contributed by atoms with Crippen LogP contribution in [0.1, 0.15) is 6.42 Å². The average Bonchev–Trinajstić information content (AvgIpc) is 2.87. The van der Waals surface area contributed by atoms with Crippen LogP contribution in [0.3, 0.4) is 0 Å². The van der Waals surface area contributed by atoms with Crippen LogP contribution in [0.4, 0.5) is 0 Å². The fourth-order valence-corrected chi connectivity index (χ4v) is 6.94. The fraction of sp³-hybridized carbons (Fsp3) is 0.923. The minimum atomic E-state index is -0.291. The maximum Gasteiger partial charge on any atom is 0.176 e. The Balaban J connectivity index is 1.66. The first-order valence-corrected chi connectivity index (χ1v) is 6.66. The molecule has 1 heterocycles. The van der Waals surface area contributed by atoms with E-state index in [1.165, 1.54) is 6.42 Å². The Morgan fingerprint density at radius 3 is 2.62 bits per heavy atom. The van der Waals surface area contributed by atoms with Gasteiger partial charge in [0.2, 0.25) is 0 Å². The van der Waals surface area contributed by atoms with Crippen LogP contribution in [-0.4, -0.2) is 24.8 Å². The number of rotatable bonds is 0. The molecule has 3 heteroatoms. The number of carbonyl (C=O) groups is 1. The Bertz CT molecular complexity index is 438. The second-order valence-electron chi connectivity index (χ2n) is 6.64. The number of ketones is 1. The minimum Gasteiger partial charge on any atom is -0.347 e. The van der Waals surface area contributed by atoms with Crippen molar-refractivity contribution in [3.05, 3.63) is 0 Å². The third-order valence-corrected chi connectivity index (χ3v) is 6.83. The van der Waals surface area contributed by atoms with E-state index in [9.17, 15) is 4.79 Å². The smallest absolute Gasteiger partial charge is 0.176 e. The van der Waals surface area contributed by atoms with E-state index in [0.29, 0.717) is 29.5 Å². The molecule has 6 aliphatic rings. The number of hydrogen-bond donors (Lipinski definition) is 0. The zero-order chi connectivity index (χ0) is 10.2. The molecule has 0 aromatic carbocycles. The summed E-state index contributed by atoms with van der Waals surface area (Å²) in [6, 6.07) is 0. The zero-order valence-electron chi connectivity index (χ0n) is 8.96. The molecule has 6 rings (SSSR count). The maximum absolute atomic E-state index is 12.3. The molecule has 1 spiro atoms. The van der Waals surface area contributed by atoms with Crippen molar-refractivity contribution >= 4 is 5.78 Å². The normalized spacial score (nSPS) is 69.9. The third kappa shape index (κ3) is 0.458. The van der Waals surface area contributed by atoms with E-state index in [1.807, 2.05) is 0 Å². The molecule has 1 saturated heterocycles. The lowest BCUT2D eigenvalue weighted by atomic mass is 9.58. The summed E-state index contributed by atoms with van der Waals surface area (Å²) in [6.07, 6.45) is 1.30. The molecule has 0 amide bonds. The summed E-state index contributed by atoms with van der Waals surface area (Å²) < 4.78 is 12.1. The summed E-state index contributed by atoms with van der Waals surface area (Å²) in [5, 5.41) is 0. The van der Waals surface area contributed by atoms with Crippen LogP contribution >= 0.6 is 0 Å². The maximum atomic E-state index is 12.3. The molecule has 8 unspecified atom stereocenters. The summed E-state index contributed by atoms with van der Waals surface area (Å²) in [6.45, 7) is 1.49. The van der Waals surface area contributed by atoms with Crippen molar-refractivity contribution in [3.8, 4) is 0 Å². The van der Waals surface area contributed by atoms with Gasteiger partial charge in [0.05, 0.1) is 13.2 Å². The van der Waals surface area contributed by atoms with Crippen molar-refractivity contribution in [1.29, 1.82) is 0 Å². The lowest BCUT2D eigenvalue weighted by Crippen LogP contribution is -2.58. The zero-order valence-corrected chi connectivity index (χ0v) is 8.96. The molecule has 0 radical (unpaired) electrons. The van der Waals surface area contributed by atoms with Crippen LogP contribution in [0.25, 0.3) is 0 Å². The van der Waals surface area contributed by atoms with Crippen molar-refractivity contribution in [2.75, 3.05) is 13.2 Å². The van der Waals surface area contributed by atoms with Crippen molar-refractivity contribution < 1.29 is 14.3 Å². The van der Waals surface area contributed by atoms with Crippen LogP contribution in [-0.2, 0) is 14.3 Å². The Hall–Kier alpha value is -0.410. The van der Waals surface area contributed by atoms with Gasteiger partial charge in [-0.1, -0.05) is 0 Å². The molecular weight excluding hydrogens is 204 g/mol. The van der Waals surface area contributed by atoms with Gasteiger partial charge in [-0.2, -0.15) is 0 Å². The van der Waals surface area contributed by atoms with Gasteiger partial charge in [0, 0.05) is 23.7 Å². The van der Waals surface area contributed by atoms with Crippen LogP contribution in [0.2, 0.25) is 0 Å². The van der Waals surface area contributed by atoms with E-state index in [4.69, 9.17) is 9.47 Å². The Kier molecular flexibility index (Phi) is 0.933. The second-order valence-corrected chi connectivity index (χ2v) is 6.64. The molecule has 0 N–H and O–H groups in total. The highest BCUT2D eigenvalue weighted by molar-refractivity contribution is 5.91. The molecule has 1 aliphatic heterocycles. The molecule has 0 aromatic rings. The lowest BCUT2D eigenvalue weighted by molar-refractivity contribution is -0.252. The molecular formula is C13H14O3. The highest BCUT2D eigenvalue weighted by atomic mass is 16.7. The van der Waals surface area contributed by atoms with Crippen molar-refractivity contribution in [1.82, 2.24) is 0 Å². The van der Waals surface area contributed by atoms with E-state index in [-0.39, 0.29) is 5.79 Å². The molecule has 2 bridgehead atoms. The number of Topliss-reactive ketones (excluding diaryl/α,β-unsaturated/α-hetero) is 1. The van der Waals surface area contributed by atoms with Crippen LogP contribution in [0, 0.1) is 47.3 Å². The largest absolute Gasteiger partial charge is 0.347 e. The summed E-state index contributed by atoms with van der Waals surface area (Å²) in [4.78, 5) is 12.3. The molecule has 3 nitrogen and oxygen atoms in total. The van der Waals surface area contributed by atoms with Gasteiger partial charge in [-0.05, 0) is 30.1 Å². The molecule has 6 fully saturated rings. The van der Waals surface area contributed by atoms with Gasteiger partial charge in [-0.15, -0.1) is 0 Å². The van der Waals surface area contributed by atoms with Crippen LogP contribution in [0.5, 0.6) is 0 Å². The number of fused-ring (bicyclic) bond motifs is 4. The first-order chi connectivity index (χ1) is 7.84. The van der Waals surface area contributed by atoms with Crippen molar-refractivity contribution in [2.24, 2.45) is 47.3 Å². The highest BCUT2D eigenvalue weighted by Crippen LogP contribution is 2.85. The molecule has 0 aromatic heterocycles. The summed E-state index contributed by atoms with van der Waals surface area (Å²) in [5.74, 6) is 4.88. The first-order valence-electron chi connectivity index (χ1n) is 6.66. The predicted octanol–water partition coefficient (Wildman–Crippen LogP) is 0.686. The van der Waals surface area contributed by atoms with Gasteiger partial charge in [0.15, 0.2) is 5.79 Å². The van der Waals surface area contributed by atoms with Gasteiger partial charge in [0.1, 0.15) is 5.78 Å². The van der Waals surface area contributed by atoms with E-state index in [0.717, 1.165) is 36.9 Å². The fourth-order valence-electron chi connectivity index (χ4n) is 6.94. The number of carbonyl (C=O) groups excluding carboxylic acids is 1. The Morgan fingerprint density at radius 2 is 1.81 bits per heavy atom. The second kappa shape index (κ2) is 1.91. The summed E-state index contributed by atoms with van der Waals surface area (Å²) in [7, 11) is 0. The topological polar surface area (TPSA) is 35.5 Å². The highest BCUT2D eigenvalue weighted by Gasteiger charge is 2.89. The van der Waals surface area contributed by atoms with Crippen LogP contribution in [0.15, 0.2) is 0 Å². The average molecular weight is 218 g/mol.